The molecule has 1 N–H and O–H groups in total. The smallest absolute Gasteiger partial charge is 0.148 e. The van der Waals surface area contributed by atoms with Gasteiger partial charge in [-0.3, -0.25) is 0 Å². The Hall–Kier alpha value is -1.90. The molecule has 0 spiro atoms. The Morgan fingerprint density at radius 1 is 1.06 bits per heavy atom. The molecule has 0 amide bonds. The van der Waals surface area contributed by atoms with Crippen LogP contribution in [-0.2, 0) is 0 Å². The van der Waals surface area contributed by atoms with E-state index >= 15 is 0 Å². The van der Waals surface area contributed by atoms with Crippen molar-refractivity contribution in [2.75, 3.05) is 11.9 Å². The Morgan fingerprint density at radius 3 is 2.50 bits per heavy atom. The van der Waals surface area contributed by atoms with Crippen LogP contribution in [0.25, 0.3) is 0 Å². The van der Waals surface area contributed by atoms with E-state index in [9.17, 15) is 0 Å². The van der Waals surface area contributed by atoms with Crippen molar-refractivity contribution < 1.29 is 0 Å². The second-order valence-electron chi connectivity index (χ2n) is 4.59. The van der Waals surface area contributed by atoms with Gasteiger partial charge in [0.25, 0.3) is 0 Å². The number of aryl methyl sites for hydroxylation is 1. The van der Waals surface area contributed by atoms with Gasteiger partial charge in [0.05, 0.1) is 5.69 Å². The van der Waals surface area contributed by atoms with Gasteiger partial charge in [-0.1, -0.05) is 37.3 Å². The average molecular weight is 241 g/mol. The van der Waals surface area contributed by atoms with Crippen molar-refractivity contribution in [3.63, 3.8) is 0 Å². The maximum absolute atomic E-state index is 4.09. The molecule has 0 aliphatic rings. The number of nitrogens with zero attached hydrogens (tertiary/aromatic N) is 2. The topological polar surface area (TPSA) is 37.8 Å². The van der Waals surface area contributed by atoms with Crippen LogP contribution in [0.2, 0.25) is 0 Å². The van der Waals surface area contributed by atoms with E-state index in [1.807, 2.05) is 19.1 Å². The molecule has 0 saturated carbocycles. The number of anilines is 1. The summed E-state index contributed by atoms with van der Waals surface area (Å²) < 4.78 is 0. The molecular weight excluding hydrogens is 222 g/mol. The van der Waals surface area contributed by atoms with Gasteiger partial charge in [-0.15, -0.1) is 5.10 Å². The average Bonchev–Trinajstić information content (AvgIpc) is 2.42. The lowest BCUT2D eigenvalue weighted by Crippen LogP contribution is -2.07. The minimum absolute atomic E-state index is 0.553. The molecule has 0 radical (unpaired) electrons. The SMILES string of the molecule is Cc1ccc(NCCC(C)c2ccccc2)nn1. The monoisotopic (exact) mass is 241 g/mol. The van der Waals surface area contributed by atoms with Gasteiger partial charge in [-0.2, -0.15) is 5.10 Å². The summed E-state index contributed by atoms with van der Waals surface area (Å²) in [6, 6.07) is 14.5. The Bertz CT molecular complexity index is 465. The van der Waals surface area contributed by atoms with Crippen LogP contribution in [0.5, 0.6) is 0 Å². The van der Waals surface area contributed by atoms with Crippen LogP contribution in [0.1, 0.15) is 30.5 Å². The van der Waals surface area contributed by atoms with Crippen molar-refractivity contribution in [1.29, 1.82) is 0 Å². The van der Waals surface area contributed by atoms with Gasteiger partial charge in [0, 0.05) is 6.54 Å². The Morgan fingerprint density at radius 2 is 1.83 bits per heavy atom. The van der Waals surface area contributed by atoms with Gasteiger partial charge in [0.15, 0.2) is 0 Å². The predicted octanol–water partition coefficient (Wildman–Crippen LogP) is 3.39. The molecule has 1 unspecified atom stereocenters. The second-order valence-corrected chi connectivity index (χ2v) is 4.59. The normalized spacial score (nSPS) is 12.1. The van der Waals surface area contributed by atoms with Crippen LogP contribution in [0.3, 0.4) is 0 Å². The van der Waals surface area contributed by atoms with E-state index < -0.39 is 0 Å². The zero-order chi connectivity index (χ0) is 12.8. The molecule has 0 bridgehead atoms. The minimum atomic E-state index is 0.553. The number of hydrogen-bond donors (Lipinski definition) is 1. The third-order valence-electron chi connectivity index (χ3n) is 3.05. The van der Waals surface area contributed by atoms with Crippen molar-refractivity contribution >= 4 is 5.82 Å². The summed E-state index contributed by atoms with van der Waals surface area (Å²) in [4.78, 5) is 0. The van der Waals surface area contributed by atoms with Gasteiger partial charge in [0.1, 0.15) is 5.82 Å². The van der Waals surface area contributed by atoms with Crippen molar-refractivity contribution in [3.05, 3.63) is 53.7 Å². The van der Waals surface area contributed by atoms with E-state index in [-0.39, 0.29) is 0 Å². The summed E-state index contributed by atoms with van der Waals surface area (Å²) in [5, 5.41) is 11.4. The lowest BCUT2D eigenvalue weighted by molar-refractivity contribution is 0.703. The Kier molecular flexibility index (Phi) is 4.29. The van der Waals surface area contributed by atoms with Gasteiger partial charge >= 0.3 is 0 Å². The number of benzene rings is 1. The molecule has 3 heteroatoms. The Labute approximate surface area is 108 Å². The first-order chi connectivity index (χ1) is 8.75. The van der Waals surface area contributed by atoms with Gasteiger partial charge in [-0.05, 0) is 37.0 Å². The summed E-state index contributed by atoms with van der Waals surface area (Å²) in [7, 11) is 0. The zero-order valence-electron chi connectivity index (χ0n) is 10.9. The van der Waals surface area contributed by atoms with Crippen LogP contribution in [-0.4, -0.2) is 16.7 Å². The molecule has 0 saturated heterocycles. The highest BCUT2D eigenvalue weighted by Crippen LogP contribution is 2.18. The third kappa shape index (κ3) is 3.55. The number of rotatable bonds is 5. The molecule has 1 aromatic heterocycles. The fraction of sp³-hybridized carbons (Fsp3) is 0.333. The molecule has 94 valence electrons. The lowest BCUT2D eigenvalue weighted by atomic mass is 9.98. The van der Waals surface area contributed by atoms with Crippen LogP contribution >= 0.6 is 0 Å². The molecule has 0 aliphatic carbocycles. The highest BCUT2D eigenvalue weighted by atomic mass is 15.2. The standard InChI is InChI=1S/C15H19N3/c1-12(14-6-4-3-5-7-14)10-11-16-15-9-8-13(2)17-18-15/h3-9,12H,10-11H2,1-2H3,(H,16,18). The van der Waals surface area contributed by atoms with Crippen LogP contribution in [0, 0.1) is 6.92 Å². The van der Waals surface area contributed by atoms with E-state index in [0.717, 1.165) is 24.5 Å². The molecule has 2 aromatic rings. The van der Waals surface area contributed by atoms with Gasteiger partial charge in [0.2, 0.25) is 0 Å². The summed E-state index contributed by atoms with van der Waals surface area (Å²) in [6.45, 7) is 5.10. The highest BCUT2D eigenvalue weighted by Gasteiger charge is 2.04. The maximum atomic E-state index is 4.09. The van der Waals surface area contributed by atoms with E-state index in [0.29, 0.717) is 5.92 Å². The highest BCUT2D eigenvalue weighted by molar-refractivity contribution is 5.32. The van der Waals surface area contributed by atoms with E-state index in [2.05, 4.69) is 52.8 Å². The summed E-state index contributed by atoms with van der Waals surface area (Å²) in [5.41, 5.74) is 2.33. The molecule has 1 heterocycles. The summed E-state index contributed by atoms with van der Waals surface area (Å²) in [5.74, 6) is 1.40. The van der Waals surface area contributed by atoms with E-state index in [4.69, 9.17) is 0 Å². The molecule has 0 aliphatic heterocycles. The lowest BCUT2D eigenvalue weighted by Gasteiger charge is -2.12. The predicted molar refractivity (Wildman–Crippen MR) is 74.7 cm³/mol. The van der Waals surface area contributed by atoms with Crippen molar-refractivity contribution in [2.24, 2.45) is 0 Å². The van der Waals surface area contributed by atoms with Crippen LogP contribution in [0.15, 0.2) is 42.5 Å². The molecule has 2 rings (SSSR count). The van der Waals surface area contributed by atoms with E-state index in [1.165, 1.54) is 5.56 Å². The zero-order valence-corrected chi connectivity index (χ0v) is 10.9. The number of hydrogen-bond acceptors (Lipinski definition) is 3. The molecule has 1 aromatic carbocycles. The quantitative estimate of drug-likeness (QED) is 0.872. The first-order valence-corrected chi connectivity index (χ1v) is 6.35. The minimum Gasteiger partial charge on any atom is -0.369 e. The first kappa shape index (κ1) is 12.6. The van der Waals surface area contributed by atoms with Crippen LogP contribution in [0.4, 0.5) is 5.82 Å². The third-order valence-corrected chi connectivity index (χ3v) is 3.05. The first-order valence-electron chi connectivity index (χ1n) is 6.35. The van der Waals surface area contributed by atoms with Gasteiger partial charge < -0.3 is 5.32 Å². The van der Waals surface area contributed by atoms with Gasteiger partial charge in [-0.25, -0.2) is 0 Å². The second kappa shape index (κ2) is 6.15. The maximum Gasteiger partial charge on any atom is 0.148 e. The summed E-state index contributed by atoms with van der Waals surface area (Å²) >= 11 is 0. The fourth-order valence-corrected chi connectivity index (χ4v) is 1.86. The molecule has 3 nitrogen and oxygen atoms in total. The van der Waals surface area contributed by atoms with Crippen molar-refractivity contribution in [1.82, 2.24) is 10.2 Å². The molecular formula is C15H19N3. The molecule has 1 atom stereocenters. The van der Waals surface area contributed by atoms with E-state index in [1.54, 1.807) is 0 Å². The molecule has 18 heavy (non-hydrogen) atoms. The summed E-state index contributed by atoms with van der Waals surface area (Å²) in [6.07, 6.45) is 1.08. The Balaban J connectivity index is 1.80. The van der Waals surface area contributed by atoms with Crippen molar-refractivity contribution in [2.45, 2.75) is 26.2 Å². The van der Waals surface area contributed by atoms with Crippen molar-refractivity contribution in [3.8, 4) is 0 Å². The fourth-order valence-electron chi connectivity index (χ4n) is 1.86. The molecule has 0 fully saturated rings. The number of aromatic nitrogens is 2. The number of nitrogens with one attached hydrogen (secondary N) is 1. The van der Waals surface area contributed by atoms with Crippen LogP contribution < -0.4 is 5.32 Å². The largest absolute Gasteiger partial charge is 0.369 e.